The Labute approximate surface area is 117 Å². The number of nitrogens with zero attached hydrogens (tertiary/aromatic N) is 1. The van der Waals surface area contributed by atoms with Gasteiger partial charge in [0, 0.05) is 19.1 Å². The first-order chi connectivity index (χ1) is 9.15. The second-order valence-corrected chi connectivity index (χ2v) is 6.45. The fraction of sp³-hybridized carbons (Fsp3) is 0.933. The minimum Gasteiger partial charge on any atom is -0.369 e. The second kappa shape index (κ2) is 7.25. The van der Waals surface area contributed by atoms with Gasteiger partial charge in [-0.2, -0.15) is 0 Å². The summed E-state index contributed by atoms with van der Waals surface area (Å²) in [6.07, 6.45) is 7.93. The highest BCUT2D eigenvalue weighted by molar-refractivity contribution is 5.75. The average Bonchev–Trinajstić information content (AvgIpc) is 2.39. The van der Waals surface area contributed by atoms with Crippen molar-refractivity contribution in [3.63, 3.8) is 0 Å². The van der Waals surface area contributed by atoms with Crippen LogP contribution < -0.4 is 11.1 Å². The highest BCUT2D eigenvalue weighted by atomic mass is 16.1. The molecule has 2 atom stereocenters. The van der Waals surface area contributed by atoms with Crippen molar-refractivity contribution >= 4 is 5.91 Å². The van der Waals surface area contributed by atoms with Crippen molar-refractivity contribution in [2.45, 2.75) is 51.5 Å². The monoisotopic (exact) mass is 267 g/mol. The van der Waals surface area contributed by atoms with E-state index in [0.717, 1.165) is 37.8 Å². The molecule has 1 saturated carbocycles. The molecular weight excluding hydrogens is 238 g/mol. The van der Waals surface area contributed by atoms with Gasteiger partial charge in [0.2, 0.25) is 5.91 Å². The van der Waals surface area contributed by atoms with E-state index in [9.17, 15) is 4.79 Å². The number of amides is 1. The van der Waals surface area contributed by atoms with E-state index in [-0.39, 0.29) is 5.91 Å². The predicted molar refractivity (Wildman–Crippen MR) is 77.8 cm³/mol. The van der Waals surface area contributed by atoms with Gasteiger partial charge in [-0.25, -0.2) is 0 Å². The molecule has 3 N–H and O–H groups in total. The Bertz CT molecular complexity index is 287. The Morgan fingerprint density at radius 1 is 1.21 bits per heavy atom. The van der Waals surface area contributed by atoms with Crippen LogP contribution in [0.2, 0.25) is 0 Å². The molecule has 1 aliphatic carbocycles. The topological polar surface area (TPSA) is 58.4 Å². The van der Waals surface area contributed by atoms with E-state index in [1.165, 1.54) is 32.2 Å². The van der Waals surface area contributed by atoms with Gasteiger partial charge >= 0.3 is 0 Å². The van der Waals surface area contributed by atoms with Crippen molar-refractivity contribution in [3.05, 3.63) is 0 Å². The molecule has 0 spiro atoms. The van der Waals surface area contributed by atoms with Crippen LogP contribution in [0.25, 0.3) is 0 Å². The Morgan fingerprint density at radius 3 is 2.53 bits per heavy atom. The smallest absolute Gasteiger partial charge is 0.231 e. The zero-order chi connectivity index (χ0) is 13.7. The van der Waals surface area contributed by atoms with Crippen molar-refractivity contribution in [2.75, 3.05) is 26.2 Å². The van der Waals surface area contributed by atoms with Crippen molar-refractivity contribution in [2.24, 2.45) is 17.6 Å². The number of primary amides is 1. The maximum absolute atomic E-state index is 10.9. The quantitative estimate of drug-likeness (QED) is 0.790. The minimum atomic E-state index is -0.206. The highest BCUT2D eigenvalue weighted by Gasteiger charge is 2.24. The van der Waals surface area contributed by atoms with Gasteiger partial charge in [0.15, 0.2) is 0 Å². The van der Waals surface area contributed by atoms with Crippen LogP contribution in [0, 0.1) is 11.8 Å². The van der Waals surface area contributed by atoms with Crippen LogP contribution in [0.4, 0.5) is 0 Å². The zero-order valence-corrected chi connectivity index (χ0v) is 12.2. The van der Waals surface area contributed by atoms with Crippen LogP contribution in [-0.2, 0) is 4.79 Å². The lowest BCUT2D eigenvalue weighted by atomic mass is 9.80. The van der Waals surface area contributed by atoms with Crippen LogP contribution in [0.15, 0.2) is 0 Å². The summed E-state index contributed by atoms with van der Waals surface area (Å²) in [5, 5.41) is 3.75. The number of carbonyl (C=O) groups excluding carboxylic acids is 1. The van der Waals surface area contributed by atoms with Crippen molar-refractivity contribution in [1.82, 2.24) is 10.2 Å². The zero-order valence-electron chi connectivity index (χ0n) is 12.2. The van der Waals surface area contributed by atoms with E-state index < -0.39 is 0 Å². The van der Waals surface area contributed by atoms with Crippen LogP contribution in [0.3, 0.4) is 0 Å². The summed E-state index contributed by atoms with van der Waals surface area (Å²) >= 11 is 0. The van der Waals surface area contributed by atoms with Gasteiger partial charge in [-0.05, 0) is 37.6 Å². The molecule has 1 saturated heterocycles. The van der Waals surface area contributed by atoms with Crippen LogP contribution in [0.1, 0.15) is 45.4 Å². The Balaban J connectivity index is 1.64. The first-order valence-electron chi connectivity index (χ1n) is 7.89. The van der Waals surface area contributed by atoms with Gasteiger partial charge in [0.25, 0.3) is 0 Å². The molecule has 2 fully saturated rings. The molecule has 2 aliphatic rings. The standard InChI is InChI=1S/C15H29N3O/c1-12-4-2-3-5-13(12)10-17-14-6-8-18(9-7-14)11-15(16)19/h12-14,17H,2-11H2,1H3,(H2,16,19)/t12-,13-/m0/s1. The predicted octanol–water partition coefficient (Wildman–Crippen LogP) is 1.35. The summed E-state index contributed by atoms with van der Waals surface area (Å²) < 4.78 is 0. The van der Waals surface area contributed by atoms with Crippen LogP contribution >= 0.6 is 0 Å². The van der Waals surface area contributed by atoms with Gasteiger partial charge in [-0.3, -0.25) is 9.69 Å². The maximum atomic E-state index is 10.9. The third-order valence-electron chi connectivity index (χ3n) is 4.92. The molecule has 110 valence electrons. The molecule has 0 radical (unpaired) electrons. The van der Waals surface area contributed by atoms with E-state index in [4.69, 9.17) is 5.73 Å². The summed E-state index contributed by atoms with van der Waals surface area (Å²) in [5.41, 5.74) is 5.23. The van der Waals surface area contributed by atoms with E-state index in [0.29, 0.717) is 12.6 Å². The molecule has 4 heteroatoms. The summed E-state index contributed by atoms with van der Waals surface area (Å²) in [5.74, 6) is 1.55. The van der Waals surface area contributed by atoms with Gasteiger partial charge in [0.1, 0.15) is 0 Å². The molecule has 1 aliphatic heterocycles. The average molecular weight is 267 g/mol. The molecule has 0 bridgehead atoms. The Morgan fingerprint density at radius 2 is 1.89 bits per heavy atom. The lowest BCUT2D eigenvalue weighted by molar-refractivity contribution is -0.119. The minimum absolute atomic E-state index is 0.206. The molecular formula is C15H29N3O. The summed E-state index contributed by atoms with van der Waals surface area (Å²) in [6, 6.07) is 0.637. The number of carbonyl (C=O) groups is 1. The highest BCUT2D eigenvalue weighted by Crippen LogP contribution is 2.29. The van der Waals surface area contributed by atoms with Crippen molar-refractivity contribution in [3.8, 4) is 0 Å². The van der Waals surface area contributed by atoms with Gasteiger partial charge in [0.05, 0.1) is 6.54 Å². The molecule has 19 heavy (non-hydrogen) atoms. The van der Waals surface area contributed by atoms with Crippen molar-refractivity contribution < 1.29 is 4.79 Å². The molecule has 0 aromatic carbocycles. The van der Waals surface area contributed by atoms with Gasteiger partial charge in [-0.1, -0.05) is 26.2 Å². The normalized spacial score (nSPS) is 30.4. The number of piperidine rings is 1. The molecule has 1 amide bonds. The number of nitrogens with one attached hydrogen (secondary N) is 1. The number of hydrogen-bond acceptors (Lipinski definition) is 3. The summed E-state index contributed by atoms with van der Waals surface area (Å²) in [7, 11) is 0. The summed E-state index contributed by atoms with van der Waals surface area (Å²) in [4.78, 5) is 13.1. The largest absolute Gasteiger partial charge is 0.369 e. The van der Waals surface area contributed by atoms with Crippen molar-refractivity contribution in [1.29, 1.82) is 0 Å². The fourth-order valence-corrected chi connectivity index (χ4v) is 3.53. The van der Waals surface area contributed by atoms with E-state index >= 15 is 0 Å². The first-order valence-corrected chi connectivity index (χ1v) is 7.89. The number of hydrogen-bond donors (Lipinski definition) is 2. The third-order valence-corrected chi connectivity index (χ3v) is 4.92. The number of nitrogens with two attached hydrogens (primary N) is 1. The fourth-order valence-electron chi connectivity index (χ4n) is 3.53. The third kappa shape index (κ3) is 4.77. The molecule has 1 heterocycles. The lowest BCUT2D eigenvalue weighted by Gasteiger charge is -2.34. The van der Waals surface area contributed by atoms with Gasteiger partial charge < -0.3 is 11.1 Å². The second-order valence-electron chi connectivity index (χ2n) is 6.45. The number of rotatable bonds is 5. The molecule has 0 aromatic rings. The number of likely N-dealkylation sites (tertiary alicyclic amines) is 1. The van der Waals surface area contributed by atoms with Crippen LogP contribution in [0.5, 0.6) is 0 Å². The lowest BCUT2D eigenvalue weighted by Crippen LogP contribution is -2.46. The summed E-state index contributed by atoms with van der Waals surface area (Å²) in [6.45, 7) is 6.01. The van der Waals surface area contributed by atoms with Gasteiger partial charge in [-0.15, -0.1) is 0 Å². The van der Waals surface area contributed by atoms with Crippen LogP contribution in [-0.4, -0.2) is 43.0 Å². The first kappa shape index (κ1) is 14.8. The Hall–Kier alpha value is -0.610. The van der Waals surface area contributed by atoms with E-state index in [1.807, 2.05) is 0 Å². The maximum Gasteiger partial charge on any atom is 0.231 e. The van der Waals surface area contributed by atoms with E-state index in [2.05, 4.69) is 17.1 Å². The molecule has 4 nitrogen and oxygen atoms in total. The molecule has 0 unspecified atom stereocenters. The SMILES string of the molecule is C[C@H]1CCCC[C@H]1CNC1CCN(CC(N)=O)CC1. The molecule has 0 aromatic heterocycles. The van der Waals surface area contributed by atoms with E-state index in [1.54, 1.807) is 0 Å². The Kier molecular flexibility index (Phi) is 5.64. The molecule has 2 rings (SSSR count).